The number of hydrogen-bond acceptors (Lipinski definition) is 3. The van der Waals surface area contributed by atoms with Crippen LogP contribution in [-0.2, 0) is 0 Å². The Morgan fingerprint density at radius 2 is 2.23 bits per heavy atom. The van der Waals surface area contributed by atoms with Crippen molar-refractivity contribution < 1.29 is 9.50 Å². The summed E-state index contributed by atoms with van der Waals surface area (Å²) in [4.78, 5) is 0. The third kappa shape index (κ3) is 2.32. The van der Waals surface area contributed by atoms with Gasteiger partial charge in [0.2, 0.25) is 0 Å². The molecule has 4 heteroatoms. The molecule has 0 aromatic heterocycles. The summed E-state index contributed by atoms with van der Waals surface area (Å²) in [6, 6.07) is 2.90. The first kappa shape index (κ1) is 9.80. The molecule has 0 aliphatic carbocycles. The van der Waals surface area contributed by atoms with Gasteiger partial charge in [0.05, 0.1) is 18.0 Å². The molecule has 0 amide bonds. The average molecular weight is 184 g/mol. The van der Waals surface area contributed by atoms with E-state index in [2.05, 4.69) is 5.32 Å². The van der Waals surface area contributed by atoms with E-state index in [1.807, 2.05) is 0 Å². The van der Waals surface area contributed by atoms with E-state index in [0.717, 1.165) is 0 Å². The predicted molar refractivity (Wildman–Crippen MR) is 51.1 cm³/mol. The normalized spacial score (nSPS) is 10.1. The molecule has 1 aromatic rings. The largest absolute Gasteiger partial charge is 0.397 e. The summed E-state index contributed by atoms with van der Waals surface area (Å²) < 4.78 is 12.9. The molecule has 13 heavy (non-hydrogen) atoms. The zero-order valence-corrected chi connectivity index (χ0v) is 7.47. The number of anilines is 2. The van der Waals surface area contributed by atoms with Crippen molar-refractivity contribution in [2.24, 2.45) is 0 Å². The Balaban J connectivity index is 2.88. The van der Waals surface area contributed by atoms with Crippen molar-refractivity contribution in [1.82, 2.24) is 0 Å². The molecule has 0 aliphatic rings. The van der Waals surface area contributed by atoms with E-state index in [1.54, 1.807) is 13.0 Å². The van der Waals surface area contributed by atoms with Gasteiger partial charge in [0.1, 0.15) is 5.82 Å². The van der Waals surface area contributed by atoms with Crippen LogP contribution in [0.5, 0.6) is 0 Å². The fourth-order valence-electron chi connectivity index (χ4n) is 1.04. The van der Waals surface area contributed by atoms with Crippen LogP contribution in [-0.4, -0.2) is 18.3 Å². The zero-order valence-electron chi connectivity index (χ0n) is 7.47. The Morgan fingerprint density at radius 1 is 1.54 bits per heavy atom. The molecule has 3 nitrogen and oxygen atoms in total. The van der Waals surface area contributed by atoms with Crippen molar-refractivity contribution in [3.63, 3.8) is 0 Å². The Kier molecular flexibility index (Phi) is 3.08. The number of aryl methyl sites for hydroxylation is 1. The van der Waals surface area contributed by atoms with Gasteiger partial charge in [0.15, 0.2) is 0 Å². The van der Waals surface area contributed by atoms with Crippen LogP contribution >= 0.6 is 0 Å². The fourth-order valence-corrected chi connectivity index (χ4v) is 1.04. The van der Waals surface area contributed by atoms with Gasteiger partial charge >= 0.3 is 0 Å². The van der Waals surface area contributed by atoms with Crippen LogP contribution in [0.15, 0.2) is 12.1 Å². The van der Waals surface area contributed by atoms with Crippen LogP contribution in [0.1, 0.15) is 5.56 Å². The number of nitrogens with two attached hydrogens (primary N) is 1. The van der Waals surface area contributed by atoms with Gasteiger partial charge in [0, 0.05) is 6.54 Å². The number of halogens is 1. The predicted octanol–water partition coefficient (Wildman–Crippen LogP) is 1.12. The smallest absolute Gasteiger partial charge is 0.128 e. The van der Waals surface area contributed by atoms with Gasteiger partial charge in [-0.3, -0.25) is 0 Å². The lowest BCUT2D eigenvalue weighted by Gasteiger charge is -2.09. The molecule has 0 saturated carbocycles. The zero-order chi connectivity index (χ0) is 9.84. The van der Waals surface area contributed by atoms with Crippen LogP contribution in [0.2, 0.25) is 0 Å². The molecule has 0 saturated heterocycles. The highest BCUT2D eigenvalue weighted by molar-refractivity contribution is 5.67. The molecule has 0 atom stereocenters. The van der Waals surface area contributed by atoms with Crippen LogP contribution in [0.25, 0.3) is 0 Å². The second-order valence-electron chi connectivity index (χ2n) is 2.84. The molecule has 0 bridgehead atoms. The second-order valence-corrected chi connectivity index (χ2v) is 2.84. The van der Waals surface area contributed by atoms with E-state index < -0.39 is 0 Å². The average Bonchev–Trinajstić information content (AvgIpc) is 2.09. The van der Waals surface area contributed by atoms with Crippen molar-refractivity contribution in [2.75, 3.05) is 24.2 Å². The van der Waals surface area contributed by atoms with Gasteiger partial charge in [-0.05, 0) is 24.6 Å². The molecule has 1 aromatic carbocycles. The quantitative estimate of drug-likeness (QED) is 0.617. The summed E-state index contributed by atoms with van der Waals surface area (Å²) in [7, 11) is 0. The lowest BCUT2D eigenvalue weighted by atomic mass is 10.2. The summed E-state index contributed by atoms with van der Waals surface area (Å²) >= 11 is 0. The first-order valence-corrected chi connectivity index (χ1v) is 4.05. The molecule has 0 spiro atoms. The van der Waals surface area contributed by atoms with Gasteiger partial charge in [-0.15, -0.1) is 0 Å². The lowest BCUT2D eigenvalue weighted by molar-refractivity contribution is 0.311. The SMILES string of the molecule is Cc1cc(NCCO)c(N)cc1F. The summed E-state index contributed by atoms with van der Waals surface area (Å²) in [6.45, 7) is 2.10. The van der Waals surface area contributed by atoms with E-state index >= 15 is 0 Å². The van der Waals surface area contributed by atoms with Crippen molar-refractivity contribution in [2.45, 2.75) is 6.92 Å². The van der Waals surface area contributed by atoms with Gasteiger partial charge < -0.3 is 16.2 Å². The molecule has 4 N–H and O–H groups in total. The standard InChI is InChI=1S/C9H13FN2O/c1-6-4-9(12-2-3-13)8(11)5-7(6)10/h4-5,12-13H,2-3,11H2,1H3. The van der Waals surface area contributed by atoms with Crippen molar-refractivity contribution in [3.05, 3.63) is 23.5 Å². The molecule has 1 rings (SSSR count). The molecule has 0 unspecified atom stereocenters. The Labute approximate surface area is 76.4 Å². The van der Waals surface area contributed by atoms with E-state index in [1.165, 1.54) is 6.07 Å². The molecule has 72 valence electrons. The van der Waals surface area contributed by atoms with Gasteiger partial charge in [0.25, 0.3) is 0 Å². The highest BCUT2D eigenvalue weighted by atomic mass is 19.1. The third-order valence-electron chi connectivity index (χ3n) is 1.76. The number of aliphatic hydroxyl groups excluding tert-OH is 1. The van der Waals surface area contributed by atoms with Crippen LogP contribution < -0.4 is 11.1 Å². The topological polar surface area (TPSA) is 58.3 Å². The highest BCUT2D eigenvalue weighted by Gasteiger charge is 2.03. The number of aliphatic hydroxyl groups is 1. The van der Waals surface area contributed by atoms with E-state index in [9.17, 15) is 4.39 Å². The molecule has 0 heterocycles. The van der Waals surface area contributed by atoms with Crippen molar-refractivity contribution in [3.8, 4) is 0 Å². The maximum absolute atomic E-state index is 12.9. The minimum atomic E-state index is -0.313. The summed E-state index contributed by atoms with van der Waals surface area (Å²) in [5.41, 5.74) is 7.10. The number of hydrogen-bond donors (Lipinski definition) is 3. The number of rotatable bonds is 3. The molecular formula is C9H13FN2O. The van der Waals surface area contributed by atoms with Gasteiger partial charge in [-0.2, -0.15) is 0 Å². The Bertz CT molecular complexity index is 302. The molecule has 0 fully saturated rings. The molecule has 0 radical (unpaired) electrons. The van der Waals surface area contributed by atoms with E-state index in [-0.39, 0.29) is 12.4 Å². The molecule has 0 aliphatic heterocycles. The summed E-state index contributed by atoms with van der Waals surface area (Å²) in [5.74, 6) is -0.313. The van der Waals surface area contributed by atoms with Crippen LogP contribution in [0.3, 0.4) is 0 Å². The first-order valence-electron chi connectivity index (χ1n) is 4.05. The maximum Gasteiger partial charge on any atom is 0.128 e. The minimum Gasteiger partial charge on any atom is -0.397 e. The second kappa shape index (κ2) is 4.09. The fraction of sp³-hybridized carbons (Fsp3) is 0.333. The Hall–Kier alpha value is -1.29. The monoisotopic (exact) mass is 184 g/mol. The summed E-state index contributed by atoms with van der Waals surface area (Å²) in [5, 5.41) is 11.5. The van der Waals surface area contributed by atoms with Gasteiger partial charge in [-0.1, -0.05) is 0 Å². The van der Waals surface area contributed by atoms with Crippen molar-refractivity contribution in [1.29, 1.82) is 0 Å². The number of nitrogen functional groups attached to an aromatic ring is 1. The third-order valence-corrected chi connectivity index (χ3v) is 1.76. The highest BCUT2D eigenvalue weighted by Crippen LogP contribution is 2.21. The van der Waals surface area contributed by atoms with E-state index in [0.29, 0.717) is 23.5 Å². The minimum absolute atomic E-state index is 0.0237. The maximum atomic E-state index is 12.9. The van der Waals surface area contributed by atoms with Crippen molar-refractivity contribution >= 4 is 11.4 Å². The first-order chi connectivity index (χ1) is 6.15. The Morgan fingerprint density at radius 3 is 2.85 bits per heavy atom. The van der Waals surface area contributed by atoms with E-state index in [4.69, 9.17) is 10.8 Å². The van der Waals surface area contributed by atoms with Crippen LogP contribution in [0.4, 0.5) is 15.8 Å². The van der Waals surface area contributed by atoms with Crippen LogP contribution in [0, 0.1) is 12.7 Å². The number of benzene rings is 1. The number of nitrogens with one attached hydrogen (secondary N) is 1. The lowest BCUT2D eigenvalue weighted by Crippen LogP contribution is -2.08. The summed E-state index contributed by atoms with van der Waals surface area (Å²) in [6.07, 6.45) is 0. The van der Waals surface area contributed by atoms with Gasteiger partial charge in [-0.25, -0.2) is 4.39 Å². The molecular weight excluding hydrogens is 171 g/mol.